The molecule has 2 rings (SSSR count). The first-order chi connectivity index (χ1) is 7.42. The molecule has 90 valence electrons. The summed E-state index contributed by atoms with van der Waals surface area (Å²) in [6.45, 7) is 11.1. The summed E-state index contributed by atoms with van der Waals surface area (Å²) in [5.74, 6) is -0.0511. The van der Waals surface area contributed by atoms with E-state index in [2.05, 4.69) is 32.3 Å². The lowest BCUT2D eigenvalue weighted by Crippen LogP contribution is -2.48. The molecule has 2 heterocycles. The van der Waals surface area contributed by atoms with E-state index in [0.717, 1.165) is 19.4 Å². The fourth-order valence-electron chi connectivity index (χ4n) is 2.92. The molecule has 16 heavy (non-hydrogen) atoms. The minimum atomic E-state index is -0.403. The maximum Gasteiger partial charge on any atom is 0.328 e. The molecule has 3 nitrogen and oxygen atoms in total. The van der Waals surface area contributed by atoms with Gasteiger partial charge in [-0.2, -0.15) is 0 Å². The quantitative estimate of drug-likeness (QED) is 0.531. The highest BCUT2D eigenvalue weighted by atomic mass is 16.6. The minimum Gasteiger partial charge on any atom is -0.444 e. The standard InChI is InChI=1S/C13H21NO2/c1-5-7-13-8-6-9-14(13)10(12(2,3)4)16-11(13)15/h5,10H,1,6-9H2,2-4H3/t10-,13?/m1/s1. The number of nitrogens with zero attached hydrogens (tertiary/aromatic N) is 1. The van der Waals surface area contributed by atoms with Crippen molar-refractivity contribution in [3.8, 4) is 0 Å². The van der Waals surface area contributed by atoms with Gasteiger partial charge in [-0.25, -0.2) is 4.79 Å². The third kappa shape index (κ3) is 1.49. The zero-order chi connectivity index (χ0) is 12.0. The minimum absolute atomic E-state index is 0.0249. The van der Waals surface area contributed by atoms with E-state index in [4.69, 9.17) is 4.74 Å². The molecule has 1 unspecified atom stereocenters. The predicted molar refractivity (Wildman–Crippen MR) is 62.8 cm³/mol. The molecule has 0 N–H and O–H groups in total. The second-order valence-electron chi connectivity index (χ2n) is 5.95. The molecule has 2 aliphatic rings. The Morgan fingerprint density at radius 2 is 2.31 bits per heavy atom. The highest BCUT2D eigenvalue weighted by Crippen LogP contribution is 2.45. The van der Waals surface area contributed by atoms with Crippen molar-refractivity contribution in [3.05, 3.63) is 12.7 Å². The molecule has 0 aromatic rings. The van der Waals surface area contributed by atoms with Crippen molar-refractivity contribution in [1.29, 1.82) is 0 Å². The summed E-state index contributed by atoms with van der Waals surface area (Å²) >= 11 is 0. The van der Waals surface area contributed by atoms with Crippen LogP contribution in [0.1, 0.15) is 40.0 Å². The van der Waals surface area contributed by atoms with E-state index >= 15 is 0 Å². The van der Waals surface area contributed by atoms with Gasteiger partial charge < -0.3 is 4.74 Å². The first-order valence-electron chi connectivity index (χ1n) is 6.00. The Labute approximate surface area is 97.5 Å². The number of carbonyl (C=O) groups is 1. The summed E-state index contributed by atoms with van der Waals surface area (Å²) in [5.41, 5.74) is -0.428. The molecule has 0 aromatic heterocycles. The van der Waals surface area contributed by atoms with Crippen molar-refractivity contribution in [3.63, 3.8) is 0 Å². The molecular formula is C13H21NO2. The number of hydrogen-bond acceptors (Lipinski definition) is 3. The number of hydrogen-bond donors (Lipinski definition) is 0. The van der Waals surface area contributed by atoms with Crippen LogP contribution in [0.4, 0.5) is 0 Å². The van der Waals surface area contributed by atoms with Crippen LogP contribution >= 0.6 is 0 Å². The van der Waals surface area contributed by atoms with Crippen LogP contribution < -0.4 is 0 Å². The number of cyclic esters (lactones) is 1. The van der Waals surface area contributed by atoms with Crippen molar-refractivity contribution in [1.82, 2.24) is 4.90 Å². The zero-order valence-electron chi connectivity index (χ0n) is 10.5. The summed E-state index contributed by atoms with van der Waals surface area (Å²) in [7, 11) is 0. The van der Waals surface area contributed by atoms with Gasteiger partial charge in [0.05, 0.1) is 0 Å². The van der Waals surface area contributed by atoms with Gasteiger partial charge in [-0.15, -0.1) is 6.58 Å². The zero-order valence-corrected chi connectivity index (χ0v) is 10.5. The van der Waals surface area contributed by atoms with Gasteiger partial charge in [-0.3, -0.25) is 4.90 Å². The van der Waals surface area contributed by atoms with Gasteiger partial charge in [0.15, 0.2) is 6.23 Å². The molecule has 0 spiro atoms. The second kappa shape index (κ2) is 3.59. The topological polar surface area (TPSA) is 29.5 Å². The maximum absolute atomic E-state index is 12.1. The molecule has 0 aromatic carbocycles. The summed E-state index contributed by atoms with van der Waals surface area (Å²) in [6.07, 6.45) is 4.45. The Morgan fingerprint density at radius 1 is 1.62 bits per heavy atom. The van der Waals surface area contributed by atoms with Crippen LogP contribution in [-0.4, -0.2) is 29.2 Å². The third-order valence-corrected chi connectivity index (χ3v) is 3.64. The van der Waals surface area contributed by atoms with Gasteiger partial charge in [-0.1, -0.05) is 26.8 Å². The Bertz CT molecular complexity index is 318. The van der Waals surface area contributed by atoms with E-state index in [1.165, 1.54) is 0 Å². The highest BCUT2D eigenvalue weighted by molar-refractivity contribution is 5.83. The Balaban J connectivity index is 2.32. The largest absolute Gasteiger partial charge is 0.444 e. The maximum atomic E-state index is 12.1. The van der Waals surface area contributed by atoms with Crippen molar-refractivity contribution < 1.29 is 9.53 Å². The fraction of sp³-hybridized carbons (Fsp3) is 0.769. The van der Waals surface area contributed by atoms with Crippen LogP contribution in [0.3, 0.4) is 0 Å². The van der Waals surface area contributed by atoms with Crippen LogP contribution in [0, 0.1) is 5.41 Å². The van der Waals surface area contributed by atoms with Crippen LogP contribution in [0.2, 0.25) is 0 Å². The molecule has 0 bridgehead atoms. The van der Waals surface area contributed by atoms with Crippen LogP contribution in [0.25, 0.3) is 0 Å². The molecule has 2 saturated heterocycles. The molecule has 0 radical (unpaired) electrons. The van der Waals surface area contributed by atoms with E-state index < -0.39 is 5.54 Å². The van der Waals surface area contributed by atoms with Gasteiger partial charge in [0, 0.05) is 12.0 Å². The van der Waals surface area contributed by atoms with E-state index in [9.17, 15) is 4.79 Å². The molecule has 0 amide bonds. The molecule has 3 heteroatoms. The number of fused-ring (bicyclic) bond motifs is 1. The summed E-state index contributed by atoms with van der Waals surface area (Å²) < 4.78 is 5.59. The lowest BCUT2D eigenvalue weighted by atomic mass is 9.90. The summed E-state index contributed by atoms with van der Waals surface area (Å²) in [4.78, 5) is 14.4. The van der Waals surface area contributed by atoms with E-state index in [0.29, 0.717) is 6.42 Å². The first-order valence-corrected chi connectivity index (χ1v) is 6.00. The van der Waals surface area contributed by atoms with Crippen LogP contribution in [0.15, 0.2) is 12.7 Å². The average molecular weight is 223 g/mol. The monoisotopic (exact) mass is 223 g/mol. The molecule has 2 aliphatic heterocycles. The van der Waals surface area contributed by atoms with Gasteiger partial charge in [0.2, 0.25) is 0 Å². The van der Waals surface area contributed by atoms with Crippen LogP contribution in [0.5, 0.6) is 0 Å². The van der Waals surface area contributed by atoms with E-state index in [1.54, 1.807) is 0 Å². The third-order valence-electron chi connectivity index (χ3n) is 3.64. The fourth-order valence-corrected chi connectivity index (χ4v) is 2.92. The average Bonchev–Trinajstić information content (AvgIpc) is 2.66. The van der Waals surface area contributed by atoms with E-state index in [-0.39, 0.29) is 17.6 Å². The SMILES string of the molecule is C=CCC12CCCN1[C@@H](C(C)(C)C)OC2=O. The molecule has 0 aliphatic carbocycles. The number of carbonyl (C=O) groups excluding carboxylic acids is 1. The van der Waals surface area contributed by atoms with Crippen molar-refractivity contribution in [2.24, 2.45) is 5.41 Å². The lowest BCUT2D eigenvalue weighted by Gasteiger charge is -2.35. The van der Waals surface area contributed by atoms with Crippen molar-refractivity contribution in [2.45, 2.75) is 51.8 Å². The Morgan fingerprint density at radius 3 is 2.88 bits per heavy atom. The summed E-state index contributed by atoms with van der Waals surface area (Å²) in [6, 6.07) is 0. The summed E-state index contributed by atoms with van der Waals surface area (Å²) in [5, 5.41) is 0. The smallest absolute Gasteiger partial charge is 0.328 e. The van der Waals surface area contributed by atoms with Crippen molar-refractivity contribution >= 4 is 5.97 Å². The van der Waals surface area contributed by atoms with Crippen molar-refractivity contribution in [2.75, 3.05) is 6.54 Å². The number of rotatable bonds is 2. The van der Waals surface area contributed by atoms with Gasteiger partial charge in [-0.05, 0) is 19.3 Å². The Hall–Kier alpha value is -0.830. The molecule has 2 fully saturated rings. The molecule has 2 atom stereocenters. The molecular weight excluding hydrogens is 202 g/mol. The second-order valence-corrected chi connectivity index (χ2v) is 5.95. The number of ether oxygens (including phenoxy) is 1. The normalized spacial score (nSPS) is 34.9. The molecule has 0 saturated carbocycles. The first kappa shape index (κ1) is 11.6. The predicted octanol–water partition coefficient (Wildman–Crippen LogP) is 2.33. The number of esters is 1. The lowest BCUT2D eigenvalue weighted by molar-refractivity contribution is -0.149. The van der Waals surface area contributed by atoms with Crippen LogP contribution in [-0.2, 0) is 9.53 Å². The van der Waals surface area contributed by atoms with E-state index in [1.807, 2.05) is 6.08 Å². The van der Waals surface area contributed by atoms with Gasteiger partial charge in [0.1, 0.15) is 5.54 Å². The van der Waals surface area contributed by atoms with Gasteiger partial charge >= 0.3 is 5.97 Å². The highest BCUT2D eigenvalue weighted by Gasteiger charge is 2.59. The Kier molecular flexibility index (Phi) is 2.61. The van der Waals surface area contributed by atoms with Gasteiger partial charge in [0.25, 0.3) is 0 Å².